The average Bonchev–Trinajstić information content (AvgIpc) is 2.59. The number of halogens is 2. The first-order valence-corrected chi connectivity index (χ1v) is 10.8. The van der Waals surface area contributed by atoms with Gasteiger partial charge < -0.3 is 22.6 Å². The summed E-state index contributed by atoms with van der Waals surface area (Å²) in [7, 11) is 6.10. The number of nitrogens with zero attached hydrogens (tertiary/aromatic N) is 2. The Morgan fingerprint density at radius 3 is 1.68 bits per heavy atom. The highest BCUT2D eigenvalue weighted by atomic mass is 35.5. The van der Waals surface area contributed by atoms with E-state index in [1.807, 2.05) is 21.1 Å². The predicted octanol–water partition coefficient (Wildman–Crippen LogP) is 1.75. The summed E-state index contributed by atoms with van der Waals surface area (Å²) in [5.74, 6) is -0.346. The second kappa shape index (κ2) is 20.2. The SMILES string of the molecule is CCCCCCCCCCCCCCC(N)C(=O)N(O)CC[N+](C)(C)C.Cl.[Cl-]. The van der Waals surface area contributed by atoms with Gasteiger partial charge in [0.1, 0.15) is 0 Å². The maximum Gasteiger partial charge on any atom is 0.263 e. The van der Waals surface area contributed by atoms with Gasteiger partial charge in [-0.25, -0.2) is 5.06 Å². The van der Waals surface area contributed by atoms with Gasteiger partial charge in [0.2, 0.25) is 0 Å². The lowest BCUT2D eigenvalue weighted by Crippen LogP contribution is -3.00. The Morgan fingerprint density at radius 2 is 1.29 bits per heavy atom. The molecule has 5 nitrogen and oxygen atoms in total. The van der Waals surface area contributed by atoms with Crippen molar-refractivity contribution in [3.63, 3.8) is 0 Å². The van der Waals surface area contributed by atoms with Crippen molar-refractivity contribution in [2.24, 2.45) is 5.73 Å². The Kier molecular flexibility index (Phi) is 23.5. The summed E-state index contributed by atoms with van der Waals surface area (Å²) in [6, 6.07) is -0.574. The minimum Gasteiger partial charge on any atom is -1.00 e. The predicted molar refractivity (Wildman–Crippen MR) is 117 cm³/mol. The van der Waals surface area contributed by atoms with Gasteiger partial charge in [-0.1, -0.05) is 84.0 Å². The molecule has 0 fully saturated rings. The Bertz CT molecular complexity index is 353. The number of rotatable bonds is 17. The molecule has 7 heteroatoms. The van der Waals surface area contributed by atoms with E-state index in [4.69, 9.17) is 5.73 Å². The third-order valence-corrected chi connectivity index (χ3v) is 4.92. The van der Waals surface area contributed by atoms with E-state index in [1.165, 1.54) is 64.2 Å². The van der Waals surface area contributed by atoms with Gasteiger partial charge in [0.05, 0.1) is 40.3 Å². The van der Waals surface area contributed by atoms with Crippen LogP contribution in [0.5, 0.6) is 0 Å². The number of quaternary nitrogens is 1. The van der Waals surface area contributed by atoms with E-state index < -0.39 is 6.04 Å². The van der Waals surface area contributed by atoms with Crippen molar-refractivity contribution in [1.82, 2.24) is 5.06 Å². The first-order chi connectivity index (χ1) is 12.3. The molecule has 0 spiro atoms. The zero-order valence-corrected chi connectivity index (χ0v) is 20.4. The Hall–Kier alpha value is -0.0700. The minimum absolute atomic E-state index is 0. The van der Waals surface area contributed by atoms with E-state index in [-0.39, 0.29) is 30.7 Å². The molecule has 1 amide bonds. The Morgan fingerprint density at radius 1 is 0.893 bits per heavy atom. The lowest BCUT2D eigenvalue weighted by molar-refractivity contribution is -0.870. The second-order valence-electron chi connectivity index (χ2n) is 8.76. The molecule has 172 valence electrons. The first-order valence-electron chi connectivity index (χ1n) is 10.8. The smallest absolute Gasteiger partial charge is 0.263 e. The fourth-order valence-electron chi connectivity index (χ4n) is 3.03. The molecule has 1 unspecified atom stereocenters. The van der Waals surface area contributed by atoms with Crippen LogP contribution in [0.15, 0.2) is 0 Å². The van der Waals surface area contributed by atoms with Gasteiger partial charge in [0.25, 0.3) is 5.91 Å². The topological polar surface area (TPSA) is 66.6 Å². The zero-order chi connectivity index (χ0) is 19.8. The molecule has 0 radical (unpaired) electrons. The maximum absolute atomic E-state index is 12.0. The van der Waals surface area contributed by atoms with Gasteiger partial charge in [-0.15, -0.1) is 12.4 Å². The number of amides is 1. The van der Waals surface area contributed by atoms with Crippen LogP contribution in [-0.4, -0.2) is 60.9 Å². The molecule has 0 saturated heterocycles. The molecular formula is C21H47Cl2N3O2. The van der Waals surface area contributed by atoms with Gasteiger partial charge in [-0.3, -0.25) is 10.0 Å². The van der Waals surface area contributed by atoms with Crippen LogP contribution in [-0.2, 0) is 4.79 Å². The number of hydrogen-bond donors (Lipinski definition) is 2. The van der Waals surface area contributed by atoms with Crippen LogP contribution in [0, 0.1) is 0 Å². The van der Waals surface area contributed by atoms with Crippen LogP contribution in [0.2, 0.25) is 0 Å². The number of likely N-dealkylation sites (N-methyl/N-ethyl adjacent to an activating group) is 1. The summed E-state index contributed by atoms with van der Waals surface area (Å²) in [5, 5.41) is 10.6. The summed E-state index contributed by atoms with van der Waals surface area (Å²) >= 11 is 0. The van der Waals surface area contributed by atoms with Gasteiger partial charge in [0.15, 0.2) is 0 Å². The highest BCUT2D eigenvalue weighted by molar-refractivity contribution is 5.85. The molecule has 0 aliphatic rings. The summed E-state index contributed by atoms with van der Waals surface area (Å²) < 4.78 is 0.707. The van der Waals surface area contributed by atoms with Crippen molar-refractivity contribution in [1.29, 1.82) is 0 Å². The standard InChI is InChI=1S/C21H46N3O2.2ClH/c1-5-6-7-8-9-10-11-12-13-14-15-16-17-20(22)21(25)23(26)18-19-24(2,3)4;;/h20,26H,5-19,22H2,1-4H3;2*1H/q+1;;/p-1. The van der Waals surface area contributed by atoms with E-state index in [9.17, 15) is 10.0 Å². The highest BCUT2D eigenvalue weighted by Crippen LogP contribution is 2.13. The Labute approximate surface area is 186 Å². The third kappa shape index (κ3) is 20.7. The lowest BCUT2D eigenvalue weighted by atomic mass is 10.0. The molecule has 0 saturated carbocycles. The molecule has 0 aromatic carbocycles. The Balaban J connectivity index is -0.00000312. The monoisotopic (exact) mass is 443 g/mol. The molecule has 0 bridgehead atoms. The fourth-order valence-corrected chi connectivity index (χ4v) is 3.03. The molecular weight excluding hydrogens is 397 g/mol. The van der Waals surface area contributed by atoms with E-state index in [2.05, 4.69) is 6.92 Å². The van der Waals surface area contributed by atoms with Crippen molar-refractivity contribution >= 4 is 18.3 Å². The molecule has 0 heterocycles. The van der Waals surface area contributed by atoms with Gasteiger partial charge in [-0.05, 0) is 6.42 Å². The number of carbonyl (C=O) groups excluding carboxylic acids is 1. The zero-order valence-electron chi connectivity index (χ0n) is 18.8. The molecule has 0 aliphatic carbocycles. The molecule has 1 atom stereocenters. The van der Waals surface area contributed by atoms with Crippen LogP contribution < -0.4 is 18.1 Å². The summed E-state index contributed by atoms with van der Waals surface area (Å²) in [5.41, 5.74) is 5.93. The van der Waals surface area contributed by atoms with Crippen LogP contribution in [0.4, 0.5) is 0 Å². The maximum atomic E-state index is 12.0. The number of hydroxylamine groups is 2. The lowest BCUT2D eigenvalue weighted by Gasteiger charge is -2.27. The number of carbonyl (C=O) groups is 1. The largest absolute Gasteiger partial charge is 1.00 e. The van der Waals surface area contributed by atoms with E-state index in [0.717, 1.165) is 17.9 Å². The molecule has 0 rings (SSSR count). The van der Waals surface area contributed by atoms with Crippen LogP contribution in [0.1, 0.15) is 90.4 Å². The van der Waals surface area contributed by atoms with Crippen molar-refractivity contribution in [3.8, 4) is 0 Å². The molecule has 3 N–H and O–H groups in total. The number of nitrogens with two attached hydrogens (primary N) is 1. The average molecular weight is 445 g/mol. The van der Waals surface area contributed by atoms with E-state index in [0.29, 0.717) is 24.0 Å². The van der Waals surface area contributed by atoms with Crippen LogP contribution in [0.3, 0.4) is 0 Å². The van der Waals surface area contributed by atoms with Crippen molar-refractivity contribution in [2.45, 2.75) is 96.4 Å². The quantitative estimate of drug-likeness (QED) is 0.156. The van der Waals surface area contributed by atoms with Gasteiger partial charge >= 0.3 is 0 Å². The molecule has 28 heavy (non-hydrogen) atoms. The number of unbranched alkanes of at least 4 members (excludes halogenated alkanes) is 11. The fraction of sp³-hybridized carbons (Fsp3) is 0.952. The molecule has 0 aliphatic heterocycles. The van der Waals surface area contributed by atoms with Gasteiger partial charge in [-0.2, -0.15) is 0 Å². The number of hydrogen-bond acceptors (Lipinski definition) is 3. The van der Waals surface area contributed by atoms with Crippen LogP contribution in [0.25, 0.3) is 0 Å². The molecule has 0 aromatic heterocycles. The second-order valence-corrected chi connectivity index (χ2v) is 8.76. The highest BCUT2D eigenvalue weighted by Gasteiger charge is 2.21. The normalized spacial score (nSPS) is 12.1. The van der Waals surface area contributed by atoms with Crippen molar-refractivity contribution in [2.75, 3.05) is 34.2 Å². The summed E-state index contributed by atoms with van der Waals surface area (Å²) in [4.78, 5) is 12.0. The van der Waals surface area contributed by atoms with E-state index >= 15 is 0 Å². The van der Waals surface area contributed by atoms with Gasteiger partial charge in [0, 0.05) is 0 Å². The first kappa shape index (κ1) is 32.6. The minimum atomic E-state index is -0.574. The van der Waals surface area contributed by atoms with E-state index in [1.54, 1.807) is 0 Å². The summed E-state index contributed by atoms with van der Waals surface area (Å²) in [6.45, 7) is 3.29. The van der Waals surface area contributed by atoms with Crippen molar-refractivity contribution < 1.29 is 26.9 Å². The van der Waals surface area contributed by atoms with Crippen LogP contribution >= 0.6 is 12.4 Å². The third-order valence-electron chi connectivity index (χ3n) is 4.92. The summed E-state index contributed by atoms with van der Waals surface area (Å²) in [6.07, 6.45) is 16.2. The molecule has 0 aromatic rings. The van der Waals surface area contributed by atoms with Crippen molar-refractivity contribution in [3.05, 3.63) is 0 Å².